The predicted octanol–water partition coefficient (Wildman–Crippen LogP) is 5.34. The number of rotatable bonds is 4. The number of aliphatic imine (C=N–C) groups is 1. The van der Waals surface area contributed by atoms with Crippen LogP contribution in [0.15, 0.2) is 52.4 Å². The predicted molar refractivity (Wildman–Crippen MR) is 118 cm³/mol. The number of pyridine rings is 1. The number of benzene rings is 1. The van der Waals surface area contributed by atoms with E-state index in [1.165, 1.54) is 18.2 Å². The molecule has 29 heavy (non-hydrogen) atoms. The number of carbonyl (C=O) groups excluding carboxylic acids is 1. The van der Waals surface area contributed by atoms with Gasteiger partial charge in [0.2, 0.25) is 0 Å². The molecule has 1 aromatic carbocycles. The van der Waals surface area contributed by atoms with Gasteiger partial charge in [0.1, 0.15) is 5.75 Å². The van der Waals surface area contributed by atoms with Crippen molar-refractivity contribution in [3.63, 3.8) is 0 Å². The lowest BCUT2D eigenvalue weighted by molar-refractivity contribution is -0.124. The van der Waals surface area contributed by atoms with Crippen molar-refractivity contribution in [3.8, 4) is 5.75 Å². The first-order chi connectivity index (χ1) is 14.1. The molecule has 0 bridgehead atoms. The van der Waals surface area contributed by atoms with Crippen molar-refractivity contribution < 1.29 is 9.53 Å². The molecule has 2 fully saturated rings. The highest BCUT2D eigenvalue weighted by molar-refractivity contribution is 8.18. The van der Waals surface area contributed by atoms with Gasteiger partial charge in [0.15, 0.2) is 11.0 Å². The van der Waals surface area contributed by atoms with Crippen LogP contribution >= 0.6 is 11.8 Å². The van der Waals surface area contributed by atoms with Crippen molar-refractivity contribution in [2.45, 2.75) is 45.1 Å². The second-order valence-electron chi connectivity index (χ2n) is 7.39. The standard InChI is InChI=1S/C23H25N3O2S/c1-16-8-6-13-21(24-16)25-23-26(18-10-4-3-5-11-18)22(27)20(29-23)15-17-9-7-12-19(14-17)28-2/h6-9,12-15,18H,3-5,10-11H2,1-2H3/b20-15-,25-23+. The van der Waals surface area contributed by atoms with E-state index in [9.17, 15) is 4.79 Å². The third-order valence-corrected chi connectivity index (χ3v) is 6.24. The first-order valence-corrected chi connectivity index (χ1v) is 10.9. The minimum atomic E-state index is 0.0381. The van der Waals surface area contributed by atoms with Crippen molar-refractivity contribution >= 4 is 34.7 Å². The number of aromatic nitrogens is 1. The number of amides is 1. The largest absolute Gasteiger partial charge is 0.497 e. The highest BCUT2D eigenvalue weighted by Crippen LogP contribution is 2.38. The number of thioether (sulfide) groups is 1. The van der Waals surface area contributed by atoms with Crippen molar-refractivity contribution in [1.29, 1.82) is 0 Å². The summed E-state index contributed by atoms with van der Waals surface area (Å²) in [4.78, 5) is 25.2. The Morgan fingerprint density at radius 3 is 2.72 bits per heavy atom. The number of methoxy groups -OCH3 is 1. The third-order valence-electron chi connectivity index (χ3n) is 5.25. The molecule has 0 spiro atoms. The monoisotopic (exact) mass is 407 g/mol. The van der Waals surface area contributed by atoms with Crippen LogP contribution in [0.5, 0.6) is 5.75 Å². The van der Waals surface area contributed by atoms with Crippen LogP contribution in [-0.2, 0) is 4.79 Å². The van der Waals surface area contributed by atoms with Crippen LogP contribution in [0.3, 0.4) is 0 Å². The van der Waals surface area contributed by atoms with Gasteiger partial charge in [-0.15, -0.1) is 0 Å². The van der Waals surface area contributed by atoms with Crippen LogP contribution in [0.25, 0.3) is 6.08 Å². The summed E-state index contributed by atoms with van der Waals surface area (Å²) >= 11 is 1.44. The Bertz CT molecular complexity index is 964. The summed E-state index contributed by atoms with van der Waals surface area (Å²) in [6.45, 7) is 1.95. The van der Waals surface area contributed by atoms with E-state index in [0.717, 1.165) is 47.9 Å². The van der Waals surface area contributed by atoms with Crippen LogP contribution in [0.2, 0.25) is 0 Å². The van der Waals surface area contributed by atoms with E-state index in [1.54, 1.807) is 7.11 Å². The summed E-state index contributed by atoms with van der Waals surface area (Å²) in [6.07, 6.45) is 7.54. The van der Waals surface area contributed by atoms with Gasteiger partial charge in [-0.2, -0.15) is 0 Å². The van der Waals surface area contributed by atoms with Gasteiger partial charge in [0.05, 0.1) is 12.0 Å². The van der Waals surface area contributed by atoms with E-state index in [-0.39, 0.29) is 11.9 Å². The molecule has 1 amide bonds. The third kappa shape index (κ3) is 4.53. The van der Waals surface area contributed by atoms with E-state index in [2.05, 4.69) is 4.98 Å². The highest BCUT2D eigenvalue weighted by Gasteiger charge is 2.38. The zero-order valence-corrected chi connectivity index (χ0v) is 17.6. The maximum atomic E-state index is 13.3. The quantitative estimate of drug-likeness (QED) is 0.643. The molecule has 5 nitrogen and oxygen atoms in total. The first kappa shape index (κ1) is 19.7. The number of hydrogen-bond donors (Lipinski definition) is 0. The molecule has 1 aliphatic heterocycles. The van der Waals surface area contributed by atoms with Crippen molar-refractivity contribution in [2.24, 2.45) is 4.99 Å². The van der Waals surface area contributed by atoms with Crippen molar-refractivity contribution in [2.75, 3.05) is 7.11 Å². The molecule has 6 heteroatoms. The van der Waals surface area contributed by atoms with Gasteiger partial charge in [0, 0.05) is 11.7 Å². The second-order valence-corrected chi connectivity index (χ2v) is 8.39. The normalized spacial score (nSPS) is 20.6. The van der Waals surface area contributed by atoms with Crippen LogP contribution in [-0.4, -0.2) is 34.1 Å². The smallest absolute Gasteiger partial charge is 0.267 e. The fourth-order valence-corrected chi connectivity index (χ4v) is 4.84. The molecule has 1 aromatic heterocycles. The Morgan fingerprint density at radius 1 is 1.17 bits per heavy atom. The van der Waals surface area contributed by atoms with Gasteiger partial charge in [-0.25, -0.2) is 9.98 Å². The summed E-state index contributed by atoms with van der Waals surface area (Å²) in [6, 6.07) is 13.7. The van der Waals surface area contributed by atoms with Gasteiger partial charge in [0.25, 0.3) is 5.91 Å². The first-order valence-electron chi connectivity index (χ1n) is 10.0. The summed E-state index contributed by atoms with van der Waals surface area (Å²) in [7, 11) is 1.64. The van der Waals surface area contributed by atoms with Crippen molar-refractivity contribution in [3.05, 3.63) is 58.6 Å². The van der Waals surface area contributed by atoms with Crippen LogP contribution in [0.4, 0.5) is 5.82 Å². The average Bonchev–Trinajstić information content (AvgIpc) is 3.03. The number of nitrogens with zero attached hydrogens (tertiary/aromatic N) is 3. The lowest BCUT2D eigenvalue weighted by atomic mass is 9.94. The summed E-state index contributed by atoms with van der Waals surface area (Å²) in [5, 5.41) is 0.731. The maximum Gasteiger partial charge on any atom is 0.267 e. The fraction of sp³-hybridized carbons (Fsp3) is 0.348. The Kier molecular flexibility index (Phi) is 6.00. The lowest BCUT2D eigenvalue weighted by Gasteiger charge is -2.30. The molecule has 4 rings (SSSR count). The Hall–Kier alpha value is -2.60. The SMILES string of the molecule is COc1cccc(/C=C2\S/C(=N/c3cccc(C)n3)N(C3CCCCC3)C2=O)c1. The number of carbonyl (C=O) groups is 1. The van der Waals surface area contributed by atoms with Gasteiger partial charge in [-0.3, -0.25) is 9.69 Å². The molecule has 0 N–H and O–H groups in total. The number of ether oxygens (including phenoxy) is 1. The highest BCUT2D eigenvalue weighted by atomic mass is 32.2. The zero-order valence-electron chi connectivity index (χ0n) is 16.8. The second kappa shape index (κ2) is 8.82. The van der Waals surface area contributed by atoms with E-state index < -0.39 is 0 Å². The molecule has 2 aromatic rings. The molecule has 2 heterocycles. The molecule has 2 aliphatic rings. The van der Waals surface area contributed by atoms with Gasteiger partial charge in [-0.1, -0.05) is 37.5 Å². The van der Waals surface area contributed by atoms with E-state index >= 15 is 0 Å². The van der Waals surface area contributed by atoms with Crippen LogP contribution < -0.4 is 4.74 Å². The minimum Gasteiger partial charge on any atom is -0.497 e. The lowest BCUT2D eigenvalue weighted by Crippen LogP contribution is -2.40. The molecule has 0 atom stereocenters. The van der Waals surface area contributed by atoms with Gasteiger partial charge >= 0.3 is 0 Å². The molecular weight excluding hydrogens is 382 g/mol. The topological polar surface area (TPSA) is 54.8 Å². The maximum absolute atomic E-state index is 13.3. The van der Waals surface area contributed by atoms with Crippen LogP contribution in [0.1, 0.15) is 43.4 Å². The molecule has 0 unspecified atom stereocenters. The van der Waals surface area contributed by atoms with Gasteiger partial charge < -0.3 is 4.74 Å². The van der Waals surface area contributed by atoms with Crippen molar-refractivity contribution in [1.82, 2.24) is 9.88 Å². The number of hydrogen-bond acceptors (Lipinski definition) is 5. The number of amidine groups is 1. The Balaban J connectivity index is 1.70. The van der Waals surface area contributed by atoms with Gasteiger partial charge in [-0.05, 0) is 67.4 Å². The Labute approximate surface area is 175 Å². The molecular formula is C23H25N3O2S. The fourth-order valence-electron chi connectivity index (χ4n) is 3.80. The summed E-state index contributed by atoms with van der Waals surface area (Å²) in [5.74, 6) is 1.46. The molecule has 0 radical (unpaired) electrons. The number of aryl methyl sites for hydroxylation is 1. The van der Waals surface area contributed by atoms with E-state index in [4.69, 9.17) is 9.73 Å². The average molecular weight is 408 g/mol. The molecule has 1 saturated heterocycles. The minimum absolute atomic E-state index is 0.0381. The molecule has 1 aliphatic carbocycles. The van der Waals surface area contributed by atoms with E-state index in [1.807, 2.05) is 60.4 Å². The Morgan fingerprint density at radius 2 is 1.97 bits per heavy atom. The van der Waals surface area contributed by atoms with Crippen LogP contribution in [0, 0.1) is 6.92 Å². The van der Waals surface area contributed by atoms with E-state index in [0.29, 0.717) is 10.7 Å². The zero-order chi connectivity index (χ0) is 20.2. The summed E-state index contributed by atoms with van der Waals surface area (Å²) < 4.78 is 5.31. The summed E-state index contributed by atoms with van der Waals surface area (Å²) in [5.41, 5.74) is 1.86. The molecule has 1 saturated carbocycles. The molecule has 150 valence electrons.